The van der Waals surface area contributed by atoms with E-state index < -0.39 is 0 Å². The number of fused-ring (bicyclic) bond motifs is 1. The number of anilines is 2. The second kappa shape index (κ2) is 8.79. The highest BCUT2D eigenvalue weighted by molar-refractivity contribution is 5.89. The summed E-state index contributed by atoms with van der Waals surface area (Å²) in [4.78, 5) is 32.1. The van der Waals surface area contributed by atoms with Crippen LogP contribution in [0, 0.1) is 13.8 Å². The molecule has 0 radical (unpaired) electrons. The van der Waals surface area contributed by atoms with Crippen LogP contribution in [0.15, 0.2) is 47.3 Å². The average Bonchev–Trinajstić information content (AvgIpc) is 2.76. The van der Waals surface area contributed by atoms with Crippen molar-refractivity contribution in [2.24, 2.45) is 0 Å². The smallest absolute Gasteiger partial charge is 0.319 e. The molecular formula is C24H29N5O2. The Morgan fingerprint density at radius 2 is 1.84 bits per heavy atom. The van der Waals surface area contributed by atoms with Gasteiger partial charge in [0.1, 0.15) is 0 Å². The largest absolute Gasteiger partial charge is 0.352 e. The van der Waals surface area contributed by atoms with E-state index in [9.17, 15) is 9.59 Å². The van der Waals surface area contributed by atoms with Gasteiger partial charge in [-0.05, 0) is 69.0 Å². The number of piperidine rings is 1. The van der Waals surface area contributed by atoms with Gasteiger partial charge in [0.25, 0.3) is 5.56 Å². The van der Waals surface area contributed by atoms with Gasteiger partial charge in [-0.3, -0.25) is 4.79 Å². The van der Waals surface area contributed by atoms with Crippen molar-refractivity contribution in [1.29, 1.82) is 0 Å². The van der Waals surface area contributed by atoms with E-state index in [1.807, 2.05) is 68.1 Å². The van der Waals surface area contributed by atoms with Gasteiger partial charge in [0.05, 0.1) is 11.0 Å². The summed E-state index contributed by atoms with van der Waals surface area (Å²) in [5.41, 5.74) is 4.76. The molecule has 0 saturated carbocycles. The zero-order valence-electron chi connectivity index (χ0n) is 18.3. The number of hydrogen-bond acceptors (Lipinski definition) is 4. The van der Waals surface area contributed by atoms with Crippen molar-refractivity contribution in [2.45, 2.75) is 46.2 Å². The van der Waals surface area contributed by atoms with Gasteiger partial charge < -0.3 is 20.1 Å². The lowest BCUT2D eigenvalue weighted by atomic mass is 10.1. The molecule has 2 aromatic carbocycles. The average molecular weight is 420 g/mol. The lowest BCUT2D eigenvalue weighted by Crippen LogP contribution is -2.47. The number of rotatable bonds is 4. The number of urea groups is 1. The van der Waals surface area contributed by atoms with E-state index in [4.69, 9.17) is 0 Å². The van der Waals surface area contributed by atoms with Crippen molar-refractivity contribution >= 4 is 28.6 Å². The Morgan fingerprint density at radius 1 is 1.10 bits per heavy atom. The number of aryl methyl sites for hydroxylation is 3. The molecule has 7 nitrogen and oxygen atoms in total. The number of carbonyl (C=O) groups is 1. The first-order chi connectivity index (χ1) is 15.0. The number of aromatic nitrogens is 2. The standard InChI is InChI=1S/C24H29N5O2/c1-4-29-21-8-6-5-7-20(21)27-22(23(29)30)28-13-11-18(12-14-28)25-24(31)26-19-10-9-16(2)17(3)15-19/h5-10,15,18H,4,11-14H2,1-3H3,(H2,25,26,31). The number of amides is 2. The van der Waals surface area contributed by atoms with Gasteiger partial charge in [-0.15, -0.1) is 0 Å². The molecule has 1 aromatic heterocycles. The fraction of sp³-hybridized carbons (Fsp3) is 0.375. The zero-order valence-corrected chi connectivity index (χ0v) is 18.3. The van der Waals surface area contributed by atoms with E-state index in [1.54, 1.807) is 4.57 Å². The molecule has 1 aliphatic rings. The molecule has 1 fully saturated rings. The van der Waals surface area contributed by atoms with Crippen molar-refractivity contribution in [3.8, 4) is 0 Å². The molecule has 0 atom stereocenters. The molecule has 31 heavy (non-hydrogen) atoms. The third kappa shape index (κ3) is 4.40. The normalized spacial score (nSPS) is 14.6. The van der Waals surface area contributed by atoms with Crippen molar-refractivity contribution in [2.75, 3.05) is 23.3 Å². The van der Waals surface area contributed by atoms with E-state index in [1.165, 1.54) is 5.56 Å². The zero-order chi connectivity index (χ0) is 22.0. The molecular weight excluding hydrogens is 390 g/mol. The summed E-state index contributed by atoms with van der Waals surface area (Å²) in [6.45, 7) is 8.01. The molecule has 162 valence electrons. The second-order valence-corrected chi connectivity index (χ2v) is 8.13. The maximum Gasteiger partial charge on any atom is 0.319 e. The SMILES string of the molecule is CCn1c(=O)c(N2CCC(NC(=O)Nc3ccc(C)c(C)c3)CC2)nc2ccccc21. The van der Waals surface area contributed by atoms with E-state index in [0.29, 0.717) is 25.5 Å². The summed E-state index contributed by atoms with van der Waals surface area (Å²) in [6, 6.07) is 13.5. The molecule has 7 heteroatoms. The molecule has 1 aliphatic heterocycles. The Bertz CT molecular complexity index is 1160. The van der Waals surface area contributed by atoms with Gasteiger partial charge >= 0.3 is 6.03 Å². The molecule has 0 spiro atoms. The van der Waals surface area contributed by atoms with Crippen LogP contribution in [0.3, 0.4) is 0 Å². The third-order valence-electron chi connectivity index (χ3n) is 6.05. The van der Waals surface area contributed by atoms with Crippen LogP contribution in [0.4, 0.5) is 16.3 Å². The van der Waals surface area contributed by atoms with Crippen LogP contribution < -0.4 is 21.1 Å². The molecule has 2 amide bonds. The first kappa shape index (κ1) is 20.9. The molecule has 3 aromatic rings. The minimum atomic E-state index is -0.195. The topological polar surface area (TPSA) is 79.3 Å². The quantitative estimate of drug-likeness (QED) is 0.674. The van der Waals surface area contributed by atoms with Gasteiger partial charge in [-0.2, -0.15) is 0 Å². The number of carbonyl (C=O) groups excluding carboxylic acids is 1. The van der Waals surface area contributed by atoms with Gasteiger partial charge in [0, 0.05) is 31.4 Å². The van der Waals surface area contributed by atoms with Gasteiger partial charge in [0.15, 0.2) is 5.82 Å². The number of nitrogens with zero attached hydrogens (tertiary/aromatic N) is 3. The Kier molecular flexibility index (Phi) is 5.93. The monoisotopic (exact) mass is 419 g/mol. The molecule has 0 aliphatic carbocycles. The lowest BCUT2D eigenvalue weighted by molar-refractivity contribution is 0.246. The summed E-state index contributed by atoms with van der Waals surface area (Å²) in [5, 5.41) is 5.97. The van der Waals surface area contributed by atoms with Crippen LogP contribution in [0.25, 0.3) is 11.0 Å². The number of benzene rings is 2. The lowest BCUT2D eigenvalue weighted by Gasteiger charge is -2.33. The first-order valence-corrected chi connectivity index (χ1v) is 10.9. The summed E-state index contributed by atoms with van der Waals surface area (Å²) >= 11 is 0. The molecule has 1 saturated heterocycles. The number of nitrogens with one attached hydrogen (secondary N) is 2. The highest BCUT2D eigenvalue weighted by Crippen LogP contribution is 2.19. The van der Waals surface area contributed by atoms with Crippen molar-refractivity contribution in [3.63, 3.8) is 0 Å². The minimum absolute atomic E-state index is 0.0555. The second-order valence-electron chi connectivity index (χ2n) is 8.13. The summed E-state index contributed by atoms with van der Waals surface area (Å²) in [5.74, 6) is 0.499. The van der Waals surface area contributed by atoms with E-state index in [0.717, 1.165) is 35.1 Å². The maximum atomic E-state index is 13.0. The number of hydrogen-bond donors (Lipinski definition) is 2. The van der Waals surface area contributed by atoms with Crippen LogP contribution in [0.2, 0.25) is 0 Å². The number of para-hydroxylation sites is 2. The van der Waals surface area contributed by atoms with Crippen molar-refractivity contribution in [1.82, 2.24) is 14.9 Å². The van der Waals surface area contributed by atoms with Crippen LogP contribution in [-0.2, 0) is 6.54 Å². The van der Waals surface area contributed by atoms with E-state index >= 15 is 0 Å². The van der Waals surface area contributed by atoms with Crippen molar-refractivity contribution in [3.05, 3.63) is 63.9 Å². The summed E-state index contributed by atoms with van der Waals surface area (Å²) in [7, 11) is 0. The van der Waals surface area contributed by atoms with Crippen LogP contribution in [-0.4, -0.2) is 34.7 Å². The van der Waals surface area contributed by atoms with Crippen molar-refractivity contribution < 1.29 is 4.79 Å². The fourth-order valence-electron chi connectivity index (χ4n) is 4.11. The Labute approximate surface area is 182 Å². The Morgan fingerprint density at radius 3 is 2.55 bits per heavy atom. The predicted molar refractivity (Wildman–Crippen MR) is 125 cm³/mol. The molecule has 0 bridgehead atoms. The predicted octanol–water partition coefficient (Wildman–Crippen LogP) is 3.82. The maximum absolute atomic E-state index is 13.0. The van der Waals surface area contributed by atoms with Gasteiger partial charge in [0.2, 0.25) is 0 Å². The fourth-order valence-corrected chi connectivity index (χ4v) is 4.11. The van der Waals surface area contributed by atoms with Crippen LogP contribution >= 0.6 is 0 Å². The van der Waals surface area contributed by atoms with E-state index in [-0.39, 0.29) is 17.6 Å². The summed E-state index contributed by atoms with van der Waals surface area (Å²) < 4.78 is 1.78. The Hall–Kier alpha value is -3.35. The van der Waals surface area contributed by atoms with Gasteiger partial charge in [-0.25, -0.2) is 9.78 Å². The molecule has 0 unspecified atom stereocenters. The first-order valence-electron chi connectivity index (χ1n) is 10.9. The van der Waals surface area contributed by atoms with Crippen LogP contribution in [0.5, 0.6) is 0 Å². The molecule has 4 rings (SSSR count). The highest BCUT2D eigenvalue weighted by atomic mass is 16.2. The third-order valence-corrected chi connectivity index (χ3v) is 6.05. The van der Waals surface area contributed by atoms with Crippen LogP contribution in [0.1, 0.15) is 30.9 Å². The van der Waals surface area contributed by atoms with Gasteiger partial charge in [-0.1, -0.05) is 18.2 Å². The highest BCUT2D eigenvalue weighted by Gasteiger charge is 2.24. The summed E-state index contributed by atoms with van der Waals surface area (Å²) in [6.07, 6.45) is 1.53. The van der Waals surface area contributed by atoms with E-state index in [2.05, 4.69) is 15.6 Å². The molecule has 2 heterocycles. The Balaban J connectivity index is 1.41. The minimum Gasteiger partial charge on any atom is -0.352 e. The molecule has 2 N–H and O–H groups in total.